The van der Waals surface area contributed by atoms with Gasteiger partial charge in [-0.2, -0.15) is 0 Å². The molecule has 2 nitrogen and oxygen atoms in total. The first-order valence-electron chi connectivity index (χ1n) is 12.4. The molecule has 0 saturated heterocycles. The maximum Gasteiger partial charge on any atom is 0.0619 e. The fraction of sp³-hybridized carbons (Fsp3) is 0.786. The molecule has 0 aromatic heterocycles. The van der Waals surface area contributed by atoms with E-state index in [1.54, 1.807) is 0 Å². The van der Waals surface area contributed by atoms with E-state index in [2.05, 4.69) is 67.5 Å². The average molecular weight is 407 g/mol. The summed E-state index contributed by atoms with van der Waals surface area (Å²) in [5, 5.41) is 2.55. The topological polar surface area (TPSA) is 24.7 Å². The quantitative estimate of drug-likeness (QED) is 0.512. The lowest BCUT2D eigenvalue weighted by atomic mass is 9.57. The third-order valence-electron chi connectivity index (χ3n) is 9.68. The lowest BCUT2D eigenvalue weighted by Gasteiger charge is -2.50. The summed E-state index contributed by atoms with van der Waals surface area (Å²) in [6.07, 6.45) is 7.70. The van der Waals surface area contributed by atoms with Crippen molar-refractivity contribution in [3.63, 3.8) is 0 Å². The number of hydrogen-bond donors (Lipinski definition) is 0. The van der Waals surface area contributed by atoms with Gasteiger partial charge in [0.15, 0.2) is 0 Å². The van der Waals surface area contributed by atoms with Gasteiger partial charge >= 0.3 is 0 Å². The summed E-state index contributed by atoms with van der Waals surface area (Å²) in [5.74, 6) is 1.32. The van der Waals surface area contributed by atoms with Gasteiger partial charge < -0.3 is 0 Å². The van der Waals surface area contributed by atoms with Crippen LogP contribution in [0.5, 0.6) is 0 Å². The summed E-state index contributed by atoms with van der Waals surface area (Å²) < 4.78 is 0. The fourth-order valence-corrected chi connectivity index (χ4v) is 7.63. The van der Waals surface area contributed by atoms with E-state index in [1.807, 2.05) is 0 Å². The van der Waals surface area contributed by atoms with Crippen LogP contribution in [0.1, 0.15) is 105 Å². The molecule has 2 aliphatic heterocycles. The maximum absolute atomic E-state index is 5.42. The van der Waals surface area contributed by atoms with Crippen LogP contribution in [0, 0.1) is 22.7 Å². The molecule has 0 amide bonds. The van der Waals surface area contributed by atoms with Crippen molar-refractivity contribution in [1.82, 2.24) is 0 Å². The summed E-state index contributed by atoms with van der Waals surface area (Å²) in [4.78, 5) is 10.8. The minimum Gasteiger partial charge on any atom is -0.281 e. The van der Waals surface area contributed by atoms with Crippen molar-refractivity contribution in [3.8, 4) is 0 Å². The normalized spacial score (nSPS) is 36.8. The summed E-state index contributed by atoms with van der Waals surface area (Å²) in [7, 11) is 0. The average Bonchev–Trinajstić information content (AvgIpc) is 2.59. The Morgan fingerprint density at radius 3 is 1.37 bits per heavy atom. The van der Waals surface area contributed by atoms with Gasteiger partial charge in [-0.1, -0.05) is 55.4 Å². The summed E-state index contributed by atoms with van der Waals surface area (Å²) in [6.45, 7) is 19.6. The van der Waals surface area contributed by atoms with E-state index >= 15 is 0 Å². The molecular formula is C28H42N2. The third-order valence-corrected chi connectivity index (χ3v) is 9.68. The van der Waals surface area contributed by atoms with Crippen molar-refractivity contribution in [3.05, 3.63) is 34.0 Å². The zero-order valence-corrected chi connectivity index (χ0v) is 20.6. The summed E-state index contributed by atoms with van der Waals surface area (Å²) in [6, 6.07) is 5.87. The van der Waals surface area contributed by atoms with E-state index < -0.39 is 0 Å². The molecule has 164 valence electrons. The first-order chi connectivity index (χ1) is 13.8. The van der Waals surface area contributed by atoms with Gasteiger partial charge in [0.1, 0.15) is 0 Å². The van der Waals surface area contributed by atoms with Crippen molar-refractivity contribution < 1.29 is 0 Å². The zero-order chi connectivity index (χ0) is 21.7. The molecule has 2 fully saturated rings. The van der Waals surface area contributed by atoms with Crippen molar-refractivity contribution >= 4 is 0 Å². The second-order valence-corrected chi connectivity index (χ2v) is 13.7. The Morgan fingerprint density at radius 2 is 1.00 bits per heavy atom. The molecule has 1 aromatic rings. The monoisotopic (exact) mass is 406 g/mol. The van der Waals surface area contributed by atoms with E-state index in [4.69, 9.17) is 9.98 Å². The lowest BCUT2D eigenvalue weighted by molar-refractivity contribution is 0.103. The molecule has 0 spiro atoms. The van der Waals surface area contributed by atoms with E-state index in [0.29, 0.717) is 34.7 Å². The highest BCUT2D eigenvalue weighted by atomic mass is 14.9. The van der Waals surface area contributed by atoms with Crippen LogP contribution < -0.4 is 10.7 Å². The molecule has 2 heteroatoms. The zero-order valence-electron chi connectivity index (χ0n) is 20.6. The Hall–Kier alpha value is -1.18. The highest BCUT2D eigenvalue weighted by molar-refractivity contribution is 5.36. The molecule has 4 atom stereocenters. The SMILES string of the molecule is CC1(C)CC[C@H]2[C@H](C1)N=c1cc3c(cc1C2(C)C)=N[C@H]1CC(C)(C)CC[C@@H]1C3(C)C. The Morgan fingerprint density at radius 1 is 0.633 bits per heavy atom. The summed E-state index contributed by atoms with van der Waals surface area (Å²) >= 11 is 0. The van der Waals surface area contributed by atoms with E-state index in [0.717, 1.165) is 0 Å². The largest absolute Gasteiger partial charge is 0.281 e. The van der Waals surface area contributed by atoms with E-state index in [-0.39, 0.29) is 10.8 Å². The lowest BCUT2D eigenvalue weighted by Crippen LogP contribution is -2.52. The molecule has 0 radical (unpaired) electrons. The van der Waals surface area contributed by atoms with Gasteiger partial charge in [-0.3, -0.25) is 9.98 Å². The summed E-state index contributed by atoms with van der Waals surface area (Å²) in [5.41, 5.74) is 4.10. The van der Waals surface area contributed by atoms with E-state index in [1.165, 1.54) is 60.4 Å². The third kappa shape index (κ3) is 3.03. The molecular weight excluding hydrogens is 364 g/mol. The molecule has 0 unspecified atom stereocenters. The van der Waals surface area contributed by atoms with Crippen molar-refractivity contribution in [2.45, 2.75) is 117 Å². The van der Waals surface area contributed by atoms with E-state index in [9.17, 15) is 0 Å². The Balaban J connectivity index is 1.68. The highest BCUT2D eigenvalue weighted by Crippen LogP contribution is 2.50. The Labute approximate surface area is 183 Å². The Bertz CT molecular complexity index is 912. The van der Waals surface area contributed by atoms with Crippen molar-refractivity contribution in [2.75, 3.05) is 0 Å². The van der Waals surface area contributed by atoms with Crippen LogP contribution >= 0.6 is 0 Å². The number of rotatable bonds is 0. The van der Waals surface area contributed by atoms with Gasteiger partial charge in [-0.05, 0) is 95.3 Å². The van der Waals surface area contributed by atoms with Crippen LogP contribution in [0.4, 0.5) is 0 Å². The highest BCUT2D eigenvalue weighted by Gasteiger charge is 2.48. The van der Waals surface area contributed by atoms with Crippen molar-refractivity contribution in [2.24, 2.45) is 32.7 Å². The second-order valence-electron chi connectivity index (χ2n) is 13.7. The Kier molecular flexibility index (Phi) is 4.28. The molecule has 2 heterocycles. The number of nitrogens with zero attached hydrogens (tertiary/aromatic N) is 2. The molecule has 30 heavy (non-hydrogen) atoms. The van der Waals surface area contributed by atoms with Gasteiger partial charge in [0.05, 0.1) is 22.8 Å². The smallest absolute Gasteiger partial charge is 0.0619 e. The van der Waals surface area contributed by atoms with Gasteiger partial charge in [0, 0.05) is 0 Å². The standard InChI is InChI=1S/C28H42N2/c1-25(2)11-9-17-23(15-25)29-21-13-20-22(14-19(21)27(17,5)6)30-24-16-26(3,4)12-10-18(24)28(20,7)8/h13-14,17-18,23-24H,9-12,15-16H2,1-8H3/t17-,18-,23-,24-/m0/s1. The number of benzene rings is 1. The van der Waals surface area contributed by atoms with Gasteiger partial charge in [0.2, 0.25) is 0 Å². The minimum absolute atomic E-state index is 0.176. The predicted octanol–water partition coefficient (Wildman–Crippen LogP) is 5.90. The number of hydrogen-bond acceptors (Lipinski definition) is 2. The van der Waals surface area contributed by atoms with Crippen LogP contribution in [0.15, 0.2) is 22.1 Å². The molecule has 0 bridgehead atoms. The van der Waals surface area contributed by atoms with Gasteiger partial charge in [-0.15, -0.1) is 0 Å². The van der Waals surface area contributed by atoms with Crippen LogP contribution in [0.3, 0.4) is 0 Å². The van der Waals surface area contributed by atoms with Crippen LogP contribution in [-0.4, -0.2) is 12.1 Å². The van der Waals surface area contributed by atoms with Gasteiger partial charge in [-0.25, -0.2) is 0 Å². The molecule has 1 aromatic carbocycles. The fourth-order valence-electron chi connectivity index (χ4n) is 7.63. The van der Waals surface area contributed by atoms with Crippen LogP contribution in [0.25, 0.3) is 0 Å². The van der Waals surface area contributed by atoms with Crippen LogP contribution in [-0.2, 0) is 10.8 Å². The first kappa shape index (κ1) is 20.7. The van der Waals surface area contributed by atoms with Crippen molar-refractivity contribution in [1.29, 1.82) is 0 Å². The predicted molar refractivity (Wildman–Crippen MR) is 125 cm³/mol. The number of fused-ring (bicyclic) bond motifs is 4. The molecule has 2 saturated carbocycles. The molecule has 2 aliphatic carbocycles. The first-order valence-corrected chi connectivity index (χ1v) is 12.4. The molecule has 0 N–H and O–H groups in total. The minimum atomic E-state index is 0.176. The maximum atomic E-state index is 5.42. The molecule has 4 aliphatic rings. The second kappa shape index (κ2) is 6.20. The molecule has 5 rings (SSSR count). The van der Waals surface area contributed by atoms with Crippen LogP contribution in [0.2, 0.25) is 0 Å². The van der Waals surface area contributed by atoms with Gasteiger partial charge in [0.25, 0.3) is 0 Å².